The summed E-state index contributed by atoms with van der Waals surface area (Å²) in [5.41, 5.74) is 1.26. The first-order chi connectivity index (χ1) is 12.4. The Bertz CT molecular complexity index is 1140. The molecule has 0 saturated carbocycles. The minimum Gasteiger partial charge on any atom is -0.270 e. The molecule has 0 atom stereocenters. The molecule has 0 amide bonds. The van der Waals surface area contributed by atoms with E-state index in [2.05, 4.69) is 30.1 Å². The number of aromatic nitrogens is 8. The van der Waals surface area contributed by atoms with E-state index in [4.69, 9.17) is 11.6 Å². The topological polar surface area (TPSA) is 107 Å². The van der Waals surface area contributed by atoms with Crippen LogP contribution in [0, 0.1) is 0 Å². The van der Waals surface area contributed by atoms with E-state index in [0.29, 0.717) is 21.3 Å². The Kier molecular flexibility index (Phi) is 5.49. The van der Waals surface area contributed by atoms with Crippen LogP contribution in [-0.2, 0) is 14.1 Å². The van der Waals surface area contributed by atoms with Crippen molar-refractivity contribution in [2.75, 3.05) is 12.5 Å². The Hall–Kier alpha value is -2.11. The lowest BCUT2D eigenvalue weighted by atomic mass is 10.4. The van der Waals surface area contributed by atoms with Crippen molar-refractivity contribution in [1.82, 2.24) is 39.5 Å². The molecule has 4 aromatic rings. The van der Waals surface area contributed by atoms with Gasteiger partial charge in [0, 0.05) is 26.5 Å². The summed E-state index contributed by atoms with van der Waals surface area (Å²) >= 11 is 8.80. The summed E-state index contributed by atoms with van der Waals surface area (Å²) in [6, 6.07) is 0. The molecule has 4 rings (SSSR count). The number of H-pyrrole nitrogens is 1. The summed E-state index contributed by atoms with van der Waals surface area (Å²) in [4.78, 5) is 27.8. The molecule has 4 heterocycles. The van der Waals surface area contributed by atoms with E-state index in [-0.39, 0.29) is 5.56 Å². The van der Waals surface area contributed by atoms with E-state index in [1.807, 2.05) is 19.6 Å². The Morgan fingerprint density at radius 3 is 2.19 bits per heavy atom. The van der Waals surface area contributed by atoms with Crippen LogP contribution >= 0.6 is 35.1 Å². The smallest absolute Gasteiger partial charge is 0.270 e. The second-order valence-electron chi connectivity index (χ2n) is 5.10. The molecule has 9 nitrogen and oxygen atoms in total. The molecule has 1 N–H and O–H groups in total. The highest BCUT2D eigenvalue weighted by Crippen LogP contribution is 2.21. The molecule has 0 spiro atoms. The second kappa shape index (κ2) is 7.64. The first-order valence-corrected chi connectivity index (χ1v) is 10.1. The number of hydrogen-bond donors (Lipinski definition) is 1. The molecule has 0 aliphatic heterocycles. The number of aryl methyl sites for hydroxylation is 2. The van der Waals surface area contributed by atoms with Crippen LogP contribution in [0.15, 0.2) is 27.5 Å². The van der Waals surface area contributed by atoms with Crippen LogP contribution in [0.5, 0.6) is 0 Å². The van der Waals surface area contributed by atoms with Crippen molar-refractivity contribution in [2.45, 2.75) is 10.3 Å². The van der Waals surface area contributed by atoms with E-state index in [1.54, 1.807) is 28.8 Å². The van der Waals surface area contributed by atoms with Gasteiger partial charge in [-0.3, -0.25) is 14.6 Å². The first-order valence-electron chi connectivity index (χ1n) is 7.29. The maximum Gasteiger partial charge on any atom is 0.275 e. The van der Waals surface area contributed by atoms with Gasteiger partial charge in [-0.05, 0) is 12.5 Å². The summed E-state index contributed by atoms with van der Waals surface area (Å²) in [6.45, 7) is 0. The molecule has 4 aromatic heterocycles. The van der Waals surface area contributed by atoms with Crippen molar-refractivity contribution in [3.63, 3.8) is 0 Å². The van der Waals surface area contributed by atoms with Crippen molar-refractivity contribution in [3.05, 3.63) is 27.9 Å². The molecule has 0 aliphatic rings. The van der Waals surface area contributed by atoms with Crippen molar-refractivity contribution >= 4 is 57.2 Å². The Labute approximate surface area is 161 Å². The van der Waals surface area contributed by atoms with E-state index >= 15 is 0 Å². The summed E-state index contributed by atoms with van der Waals surface area (Å²) < 4.78 is 3.25. The van der Waals surface area contributed by atoms with Gasteiger partial charge in [0.05, 0.1) is 5.39 Å². The molecular formula is C14H15ClN8OS2. The van der Waals surface area contributed by atoms with E-state index in [1.165, 1.54) is 23.5 Å². The van der Waals surface area contributed by atoms with Gasteiger partial charge in [-0.15, -0.1) is 0 Å². The van der Waals surface area contributed by atoms with Crippen molar-refractivity contribution in [3.8, 4) is 0 Å². The van der Waals surface area contributed by atoms with E-state index in [0.717, 1.165) is 16.2 Å². The lowest BCUT2D eigenvalue weighted by Crippen LogP contribution is -2.01. The van der Waals surface area contributed by atoms with E-state index < -0.39 is 0 Å². The number of aromatic amines is 1. The minimum absolute atomic E-state index is 0.148. The van der Waals surface area contributed by atoms with Crippen LogP contribution in [0.4, 0.5) is 0 Å². The maximum atomic E-state index is 11.2. The summed E-state index contributed by atoms with van der Waals surface area (Å²) in [6.07, 6.45) is 7.07. The number of fused-ring (bicyclic) bond motifs is 2. The van der Waals surface area contributed by atoms with Crippen molar-refractivity contribution in [2.24, 2.45) is 14.1 Å². The molecular weight excluding hydrogens is 396 g/mol. The van der Waals surface area contributed by atoms with Gasteiger partial charge in [0.25, 0.3) is 5.56 Å². The van der Waals surface area contributed by atoms with Gasteiger partial charge in [-0.1, -0.05) is 35.1 Å². The maximum absolute atomic E-state index is 11.2. The summed E-state index contributed by atoms with van der Waals surface area (Å²) in [5, 5.41) is 9.82. The van der Waals surface area contributed by atoms with Gasteiger partial charge in [-0.25, -0.2) is 24.6 Å². The van der Waals surface area contributed by atoms with Crippen molar-refractivity contribution < 1.29 is 0 Å². The van der Waals surface area contributed by atoms with Gasteiger partial charge in [-0.2, -0.15) is 5.10 Å². The third-order valence-electron chi connectivity index (χ3n) is 3.46. The van der Waals surface area contributed by atoms with Crippen molar-refractivity contribution in [1.29, 1.82) is 0 Å². The highest BCUT2D eigenvalue weighted by molar-refractivity contribution is 7.98. The lowest BCUT2D eigenvalue weighted by Gasteiger charge is -1.95. The van der Waals surface area contributed by atoms with Gasteiger partial charge in [0.15, 0.2) is 26.8 Å². The molecule has 0 unspecified atom stereocenters. The SMILES string of the molecule is CSc1ncc2c(=O)[nH]n(C)c2n1.CSc1ncc2c(Cl)nn(C)c2n1. The predicted molar refractivity (Wildman–Crippen MR) is 104 cm³/mol. The van der Waals surface area contributed by atoms with Gasteiger partial charge >= 0.3 is 0 Å². The third-order valence-corrected chi connectivity index (χ3v) is 4.86. The van der Waals surface area contributed by atoms with Crippen LogP contribution in [0.25, 0.3) is 22.1 Å². The standard InChI is InChI=1S/C7H7ClN4S.C7H8N4OS/c1-12-6-4(5(8)11-12)3-9-7(10-6)13-2;1-11-5-4(6(12)10-11)3-8-7(9-5)13-2/h3H,1-2H3;3H,1-2H3,(H,10,12). The summed E-state index contributed by atoms with van der Waals surface area (Å²) in [5.74, 6) is 0. The molecule has 0 radical (unpaired) electrons. The van der Waals surface area contributed by atoms with E-state index in [9.17, 15) is 4.79 Å². The zero-order valence-electron chi connectivity index (χ0n) is 14.4. The number of nitrogens with zero attached hydrogens (tertiary/aromatic N) is 7. The average molecular weight is 411 g/mol. The van der Waals surface area contributed by atoms with Crippen LogP contribution in [0.2, 0.25) is 5.15 Å². The van der Waals surface area contributed by atoms with Gasteiger partial charge in [0.1, 0.15) is 5.39 Å². The molecule has 0 aliphatic carbocycles. The number of rotatable bonds is 2. The van der Waals surface area contributed by atoms with Crippen LogP contribution < -0.4 is 5.56 Å². The minimum atomic E-state index is -0.148. The number of halogens is 1. The Balaban J connectivity index is 0.000000151. The number of thioether (sulfide) groups is 2. The molecule has 26 heavy (non-hydrogen) atoms. The molecule has 0 saturated heterocycles. The molecule has 0 fully saturated rings. The van der Waals surface area contributed by atoms with Crippen LogP contribution in [0.1, 0.15) is 0 Å². The fourth-order valence-corrected chi connectivity index (χ4v) is 3.14. The lowest BCUT2D eigenvalue weighted by molar-refractivity contribution is 0.767. The average Bonchev–Trinajstić information content (AvgIpc) is 3.10. The fraction of sp³-hybridized carbons (Fsp3) is 0.286. The number of hydrogen-bond acceptors (Lipinski definition) is 8. The fourth-order valence-electron chi connectivity index (χ4n) is 2.22. The quantitative estimate of drug-likeness (QED) is 0.395. The monoisotopic (exact) mass is 410 g/mol. The zero-order valence-corrected chi connectivity index (χ0v) is 16.8. The zero-order chi connectivity index (χ0) is 18.8. The van der Waals surface area contributed by atoms with Gasteiger partial charge < -0.3 is 0 Å². The van der Waals surface area contributed by atoms with Gasteiger partial charge in [0.2, 0.25) is 0 Å². The summed E-state index contributed by atoms with van der Waals surface area (Å²) in [7, 11) is 3.56. The molecule has 0 aromatic carbocycles. The second-order valence-corrected chi connectivity index (χ2v) is 7.01. The highest BCUT2D eigenvalue weighted by atomic mass is 35.5. The molecule has 136 valence electrons. The highest BCUT2D eigenvalue weighted by Gasteiger charge is 2.08. The molecule has 12 heteroatoms. The largest absolute Gasteiger partial charge is 0.275 e. The van der Waals surface area contributed by atoms with Crippen LogP contribution in [0.3, 0.4) is 0 Å². The Morgan fingerprint density at radius 1 is 1.00 bits per heavy atom. The normalized spacial score (nSPS) is 11.0. The van der Waals surface area contributed by atoms with Crippen LogP contribution in [-0.4, -0.2) is 52.0 Å². The molecule has 0 bridgehead atoms. The third kappa shape index (κ3) is 3.55. The number of nitrogens with one attached hydrogen (secondary N) is 1. The Morgan fingerprint density at radius 2 is 1.58 bits per heavy atom. The predicted octanol–water partition coefficient (Wildman–Crippen LogP) is 2.12. The first kappa shape index (κ1) is 18.7.